The molecule has 2 rings (SSSR count). The first kappa shape index (κ1) is 24.5. The number of rotatable bonds is 10. The van der Waals surface area contributed by atoms with Crippen LogP contribution in [0.3, 0.4) is 0 Å². The highest BCUT2D eigenvalue weighted by Crippen LogP contribution is 2.25. The molecule has 0 unspecified atom stereocenters. The maximum Gasteiger partial charge on any atom is 0.261 e. The number of methoxy groups -OCH3 is 1. The summed E-state index contributed by atoms with van der Waals surface area (Å²) in [7, 11) is -0.219. The number of nitrogens with one attached hydrogen (secondary N) is 1. The Bertz CT molecular complexity index is 990. The van der Waals surface area contributed by atoms with Crippen LogP contribution in [-0.4, -0.2) is 40.8 Å². The van der Waals surface area contributed by atoms with E-state index in [9.17, 15) is 13.2 Å². The van der Waals surface area contributed by atoms with Gasteiger partial charge in [0, 0.05) is 7.05 Å². The Morgan fingerprint density at radius 1 is 1.10 bits per heavy atom. The molecule has 170 valence electrons. The lowest BCUT2D eigenvalue weighted by Gasteiger charge is -2.23. The number of nitrogens with zero attached hydrogens (tertiary/aromatic N) is 1. The predicted molar refractivity (Wildman–Crippen MR) is 123 cm³/mol. The van der Waals surface area contributed by atoms with Crippen LogP contribution in [0.4, 0.5) is 5.69 Å². The van der Waals surface area contributed by atoms with Crippen molar-refractivity contribution < 1.29 is 22.7 Å². The van der Waals surface area contributed by atoms with Crippen molar-refractivity contribution in [3.05, 3.63) is 53.6 Å². The maximum atomic E-state index is 12.9. The molecule has 0 aromatic heterocycles. The van der Waals surface area contributed by atoms with E-state index in [4.69, 9.17) is 9.47 Å². The van der Waals surface area contributed by atoms with E-state index in [-0.39, 0.29) is 11.9 Å². The Morgan fingerprint density at radius 2 is 1.74 bits per heavy atom. The lowest BCUT2D eigenvalue weighted by atomic mass is 10.0. The normalized spacial score (nSPS) is 13.2. The molecule has 0 bridgehead atoms. The molecule has 0 aliphatic carbocycles. The van der Waals surface area contributed by atoms with Crippen molar-refractivity contribution in [3.63, 3.8) is 0 Å². The zero-order valence-electron chi connectivity index (χ0n) is 19.0. The van der Waals surface area contributed by atoms with E-state index in [1.54, 1.807) is 31.4 Å². The SMILES string of the molecule is CC[C@H](Oc1ccc(N(C)S(C)(=O)=O)cc1)C(=O)N[C@@H](CC)c1ccc(OC)c(C)c1. The molecule has 2 aromatic rings. The van der Waals surface area contributed by atoms with Crippen LogP contribution in [0.15, 0.2) is 42.5 Å². The first-order valence-corrected chi connectivity index (χ1v) is 12.1. The molecule has 2 aromatic carbocycles. The number of aryl methyl sites for hydroxylation is 1. The second-order valence-corrected chi connectivity index (χ2v) is 9.45. The van der Waals surface area contributed by atoms with Crippen LogP contribution in [-0.2, 0) is 14.8 Å². The summed E-state index contributed by atoms with van der Waals surface area (Å²) in [4.78, 5) is 12.9. The lowest BCUT2D eigenvalue weighted by molar-refractivity contribution is -0.128. The molecule has 2 atom stereocenters. The van der Waals surface area contributed by atoms with Gasteiger partial charge in [-0.3, -0.25) is 9.10 Å². The number of amides is 1. The molecule has 0 spiro atoms. The number of hydrogen-bond acceptors (Lipinski definition) is 5. The van der Waals surface area contributed by atoms with Gasteiger partial charge in [0.15, 0.2) is 6.10 Å². The quantitative estimate of drug-likeness (QED) is 0.597. The molecule has 0 heterocycles. The van der Waals surface area contributed by atoms with Crippen LogP contribution in [0.2, 0.25) is 0 Å². The van der Waals surface area contributed by atoms with Gasteiger partial charge in [0.25, 0.3) is 5.91 Å². The van der Waals surface area contributed by atoms with Gasteiger partial charge in [0.1, 0.15) is 11.5 Å². The average Bonchev–Trinajstić information content (AvgIpc) is 2.74. The van der Waals surface area contributed by atoms with Gasteiger partial charge in [-0.15, -0.1) is 0 Å². The van der Waals surface area contributed by atoms with Crippen LogP contribution >= 0.6 is 0 Å². The minimum atomic E-state index is -3.34. The van der Waals surface area contributed by atoms with E-state index in [0.29, 0.717) is 17.9 Å². The number of anilines is 1. The van der Waals surface area contributed by atoms with Gasteiger partial charge in [0.2, 0.25) is 10.0 Å². The van der Waals surface area contributed by atoms with Gasteiger partial charge >= 0.3 is 0 Å². The predicted octanol–water partition coefficient (Wildman–Crippen LogP) is 3.82. The highest BCUT2D eigenvalue weighted by molar-refractivity contribution is 7.92. The Labute approximate surface area is 185 Å². The highest BCUT2D eigenvalue weighted by atomic mass is 32.2. The van der Waals surface area contributed by atoms with Gasteiger partial charge in [0.05, 0.1) is 25.1 Å². The third-order valence-corrected chi connectivity index (χ3v) is 6.39. The zero-order valence-corrected chi connectivity index (χ0v) is 19.8. The molecule has 0 saturated heterocycles. The smallest absolute Gasteiger partial charge is 0.261 e. The molecule has 0 fully saturated rings. The molecular formula is C23H32N2O5S. The molecule has 1 amide bonds. The van der Waals surface area contributed by atoms with E-state index in [1.165, 1.54) is 11.4 Å². The number of ether oxygens (including phenoxy) is 2. The van der Waals surface area contributed by atoms with Crippen molar-refractivity contribution in [1.29, 1.82) is 0 Å². The molecule has 8 heteroatoms. The van der Waals surface area contributed by atoms with Crippen LogP contribution in [0.1, 0.15) is 43.9 Å². The van der Waals surface area contributed by atoms with Crippen molar-refractivity contribution in [2.75, 3.05) is 24.7 Å². The third kappa shape index (κ3) is 6.37. The van der Waals surface area contributed by atoms with Gasteiger partial charge in [-0.25, -0.2) is 8.42 Å². The van der Waals surface area contributed by atoms with Crippen molar-refractivity contribution >= 4 is 21.6 Å². The molecule has 31 heavy (non-hydrogen) atoms. The minimum absolute atomic E-state index is 0.138. The van der Waals surface area contributed by atoms with Gasteiger partial charge in [-0.05, 0) is 61.2 Å². The van der Waals surface area contributed by atoms with Crippen molar-refractivity contribution in [2.45, 2.75) is 45.8 Å². The number of benzene rings is 2. The van der Waals surface area contributed by atoms with Gasteiger partial charge in [-0.1, -0.05) is 26.0 Å². The Balaban J connectivity index is 2.09. The molecule has 0 saturated carbocycles. The summed E-state index contributed by atoms with van der Waals surface area (Å²) in [5, 5.41) is 3.08. The number of sulfonamides is 1. The zero-order chi connectivity index (χ0) is 23.2. The summed E-state index contributed by atoms with van der Waals surface area (Å²) in [6.07, 6.45) is 1.71. The van der Waals surface area contributed by atoms with Crippen LogP contribution < -0.4 is 19.1 Å². The van der Waals surface area contributed by atoms with E-state index in [1.807, 2.05) is 39.0 Å². The molecule has 1 N–H and O–H groups in total. The summed E-state index contributed by atoms with van der Waals surface area (Å²) < 4.78 is 35.7. The largest absolute Gasteiger partial charge is 0.496 e. The third-order valence-electron chi connectivity index (χ3n) is 5.19. The van der Waals surface area contributed by atoms with E-state index in [2.05, 4.69) is 5.32 Å². The second kappa shape index (κ2) is 10.5. The van der Waals surface area contributed by atoms with E-state index in [0.717, 1.165) is 29.6 Å². The second-order valence-electron chi connectivity index (χ2n) is 7.44. The van der Waals surface area contributed by atoms with Crippen molar-refractivity contribution in [1.82, 2.24) is 5.32 Å². The summed E-state index contributed by atoms with van der Waals surface area (Å²) >= 11 is 0. The fourth-order valence-corrected chi connectivity index (χ4v) is 3.72. The summed E-state index contributed by atoms with van der Waals surface area (Å²) in [5.41, 5.74) is 2.54. The minimum Gasteiger partial charge on any atom is -0.496 e. The number of carbonyl (C=O) groups is 1. The van der Waals surface area contributed by atoms with Crippen molar-refractivity contribution in [2.24, 2.45) is 0 Å². The standard InChI is InChI=1S/C23H32N2O5S/c1-7-20(17-9-14-22(29-5)16(3)15-17)24-23(26)21(8-2)30-19-12-10-18(11-13-19)25(4)31(6,27)28/h9-15,20-21H,7-8H2,1-6H3,(H,24,26)/t20-,21-/m0/s1. The van der Waals surface area contributed by atoms with Crippen molar-refractivity contribution in [3.8, 4) is 11.5 Å². The maximum absolute atomic E-state index is 12.9. The Hall–Kier alpha value is -2.74. The first-order chi connectivity index (χ1) is 14.6. The molecule has 0 aliphatic heterocycles. The monoisotopic (exact) mass is 448 g/mol. The molecule has 0 radical (unpaired) electrons. The van der Waals surface area contributed by atoms with Crippen LogP contribution in [0.25, 0.3) is 0 Å². The average molecular weight is 449 g/mol. The summed E-state index contributed by atoms with van der Waals surface area (Å²) in [6, 6.07) is 12.4. The van der Waals surface area contributed by atoms with Gasteiger partial charge in [-0.2, -0.15) is 0 Å². The topological polar surface area (TPSA) is 84.9 Å². The number of carbonyl (C=O) groups excluding carboxylic acids is 1. The fourth-order valence-electron chi connectivity index (χ4n) is 3.22. The highest BCUT2D eigenvalue weighted by Gasteiger charge is 2.22. The van der Waals surface area contributed by atoms with E-state index < -0.39 is 16.1 Å². The summed E-state index contributed by atoms with van der Waals surface area (Å²) in [6.45, 7) is 5.87. The van der Waals surface area contributed by atoms with E-state index >= 15 is 0 Å². The lowest BCUT2D eigenvalue weighted by Crippen LogP contribution is -2.40. The van der Waals surface area contributed by atoms with Gasteiger partial charge < -0.3 is 14.8 Å². The first-order valence-electron chi connectivity index (χ1n) is 10.3. The molecule has 0 aliphatic rings. The van der Waals surface area contributed by atoms with Crippen LogP contribution in [0, 0.1) is 6.92 Å². The number of hydrogen-bond donors (Lipinski definition) is 1. The summed E-state index contributed by atoms with van der Waals surface area (Å²) in [5.74, 6) is 1.12. The molecular weight excluding hydrogens is 416 g/mol. The van der Waals surface area contributed by atoms with Crippen LogP contribution in [0.5, 0.6) is 11.5 Å². The Kier molecular flexibility index (Phi) is 8.33. The Morgan fingerprint density at radius 3 is 2.23 bits per heavy atom. The molecule has 7 nitrogen and oxygen atoms in total. The fraction of sp³-hybridized carbons (Fsp3) is 0.435.